The molecule has 0 aliphatic carbocycles. The van der Waals surface area contributed by atoms with Gasteiger partial charge in [-0.15, -0.1) is 0 Å². The second-order valence-electron chi connectivity index (χ2n) is 4.90. The smallest absolute Gasteiger partial charge is 0.269 e. The summed E-state index contributed by atoms with van der Waals surface area (Å²) in [6, 6.07) is 7.79. The van der Waals surface area contributed by atoms with Crippen LogP contribution in [-0.2, 0) is 0 Å². The number of likely N-dealkylation sites (N-methyl/N-ethyl adjacent to an activating group) is 1. The van der Waals surface area contributed by atoms with Crippen molar-refractivity contribution in [3.63, 3.8) is 0 Å². The first-order valence-electron chi connectivity index (χ1n) is 6.73. The first-order chi connectivity index (χ1) is 10.1. The molecule has 0 spiro atoms. The average molecular weight is 304 g/mol. The first kappa shape index (κ1) is 15.5. The summed E-state index contributed by atoms with van der Waals surface area (Å²) in [6.07, 6.45) is 0. The summed E-state index contributed by atoms with van der Waals surface area (Å²) in [6.45, 7) is 0.730. The maximum absolute atomic E-state index is 11.6. The lowest BCUT2D eigenvalue weighted by atomic mass is 10.1. The van der Waals surface area contributed by atoms with E-state index >= 15 is 0 Å². The standard InChI is InChI=1S/C15H20N4OS/c1-16-15(20)12-5-4-6-14(18-12)17-9-13(19(2)3)11-7-8-21-10-11/h4-8,10,13H,9H2,1-3H3,(H,16,20)(H,17,18). The molecule has 0 aliphatic heterocycles. The molecular formula is C15H20N4OS. The van der Waals surface area contributed by atoms with E-state index in [2.05, 4.69) is 51.4 Å². The quantitative estimate of drug-likeness (QED) is 0.859. The molecule has 0 saturated carbocycles. The number of hydrogen-bond acceptors (Lipinski definition) is 5. The number of aromatic nitrogens is 1. The Morgan fingerprint density at radius 2 is 2.19 bits per heavy atom. The lowest BCUT2D eigenvalue weighted by Crippen LogP contribution is -2.27. The molecule has 0 saturated heterocycles. The molecule has 0 aliphatic rings. The van der Waals surface area contributed by atoms with Crippen molar-refractivity contribution >= 4 is 23.1 Å². The molecule has 0 fully saturated rings. The number of nitrogens with zero attached hydrogens (tertiary/aromatic N) is 2. The van der Waals surface area contributed by atoms with Crippen LogP contribution in [0.3, 0.4) is 0 Å². The van der Waals surface area contributed by atoms with Crippen molar-refractivity contribution < 1.29 is 4.79 Å². The van der Waals surface area contributed by atoms with E-state index in [4.69, 9.17) is 0 Å². The van der Waals surface area contributed by atoms with E-state index in [0.29, 0.717) is 11.5 Å². The molecule has 2 aromatic rings. The normalized spacial score (nSPS) is 12.2. The zero-order valence-electron chi connectivity index (χ0n) is 12.5. The number of rotatable bonds is 6. The van der Waals surface area contributed by atoms with Crippen molar-refractivity contribution in [1.29, 1.82) is 0 Å². The van der Waals surface area contributed by atoms with Crippen molar-refractivity contribution in [2.24, 2.45) is 0 Å². The maximum atomic E-state index is 11.6. The minimum Gasteiger partial charge on any atom is -0.368 e. The van der Waals surface area contributed by atoms with Gasteiger partial charge in [0.1, 0.15) is 11.5 Å². The zero-order valence-corrected chi connectivity index (χ0v) is 13.3. The molecule has 2 heterocycles. The molecule has 6 heteroatoms. The van der Waals surface area contributed by atoms with E-state index in [9.17, 15) is 4.79 Å². The Kier molecular flexibility index (Phi) is 5.30. The summed E-state index contributed by atoms with van der Waals surface area (Å²) in [5, 5.41) is 10.1. The second-order valence-corrected chi connectivity index (χ2v) is 5.68. The van der Waals surface area contributed by atoms with Gasteiger partial charge in [0.05, 0.1) is 6.04 Å². The minimum atomic E-state index is -0.180. The highest BCUT2D eigenvalue weighted by Crippen LogP contribution is 2.21. The molecule has 0 radical (unpaired) electrons. The maximum Gasteiger partial charge on any atom is 0.269 e. The van der Waals surface area contributed by atoms with E-state index in [1.807, 2.05) is 12.1 Å². The number of thiophene rings is 1. The van der Waals surface area contributed by atoms with Gasteiger partial charge in [0, 0.05) is 13.6 Å². The topological polar surface area (TPSA) is 57.3 Å². The summed E-state index contributed by atoms with van der Waals surface area (Å²) in [5.41, 5.74) is 1.69. The Morgan fingerprint density at radius 1 is 1.38 bits per heavy atom. The molecule has 1 unspecified atom stereocenters. The summed E-state index contributed by atoms with van der Waals surface area (Å²) in [4.78, 5) is 18.1. The van der Waals surface area contributed by atoms with Crippen LogP contribution in [0.4, 0.5) is 5.82 Å². The molecule has 5 nitrogen and oxygen atoms in total. The van der Waals surface area contributed by atoms with Crippen LogP contribution in [0.5, 0.6) is 0 Å². The summed E-state index contributed by atoms with van der Waals surface area (Å²) in [7, 11) is 5.71. The van der Waals surface area contributed by atoms with Crippen LogP contribution in [0.2, 0.25) is 0 Å². The molecule has 1 atom stereocenters. The molecule has 2 rings (SSSR count). The Balaban J connectivity index is 2.06. The van der Waals surface area contributed by atoms with Crippen molar-refractivity contribution in [3.8, 4) is 0 Å². The lowest BCUT2D eigenvalue weighted by molar-refractivity contribution is 0.0958. The molecule has 1 amide bonds. The highest BCUT2D eigenvalue weighted by Gasteiger charge is 2.14. The first-order valence-corrected chi connectivity index (χ1v) is 7.67. The van der Waals surface area contributed by atoms with Gasteiger partial charge in [-0.05, 0) is 48.6 Å². The predicted molar refractivity (Wildman–Crippen MR) is 86.9 cm³/mol. The van der Waals surface area contributed by atoms with Gasteiger partial charge >= 0.3 is 0 Å². The third-order valence-corrected chi connectivity index (χ3v) is 3.94. The van der Waals surface area contributed by atoms with E-state index in [1.54, 1.807) is 24.5 Å². The summed E-state index contributed by atoms with van der Waals surface area (Å²) >= 11 is 1.69. The average Bonchev–Trinajstić information content (AvgIpc) is 3.00. The highest BCUT2D eigenvalue weighted by atomic mass is 32.1. The van der Waals surface area contributed by atoms with Gasteiger partial charge in [0.15, 0.2) is 0 Å². The number of carbonyl (C=O) groups is 1. The van der Waals surface area contributed by atoms with Crippen LogP contribution in [0, 0.1) is 0 Å². The Morgan fingerprint density at radius 3 is 2.81 bits per heavy atom. The SMILES string of the molecule is CNC(=O)c1cccc(NCC(c2ccsc2)N(C)C)n1. The summed E-state index contributed by atoms with van der Waals surface area (Å²) < 4.78 is 0. The Hall–Kier alpha value is -1.92. The van der Waals surface area contributed by atoms with Gasteiger partial charge in [0.25, 0.3) is 5.91 Å². The molecule has 21 heavy (non-hydrogen) atoms. The van der Waals surface area contributed by atoms with Gasteiger partial charge in [-0.1, -0.05) is 6.07 Å². The fourth-order valence-electron chi connectivity index (χ4n) is 2.05. The molecular weight excluding hydrogens is 284 g/mol. The predicted octanol–water partition coefficient (Wildman–Crippen LogP) is 2.22. The van der Waals surface area contributed by atoms with Gasteiger partial charge in [0.2, 0.25) is 0 Å². The second kappa shape index (κ2) is 7.19. The van der Waals surface area contributed by atoms with E-state index < -0.39 is 0 Å². The zero-order chi connectivity index (χ0) is 15.2. The fourth-order valence-corrected chi connectivity index (χ4v) is 2.76. The van der Waals surface area contributed by atoms with Crippen LogP contribution < -0.4 is 10.6 Å². The lowest BCUT2D eigenvalue weighted by Gasteiger charge is -2.24. The number of amides is 1. The third-order valence-electron chi connectivity index (χ3n) is 3.24. The van der Waals surface area contributed by atoms with Crippen LogP contribution in [0.15, 0.2) is 35.0 Å². The van der Waals surface area contributed by atoms with Crippen LogP contribution >= 0.6 is 11.3 Å². The van der Waals surface area contributed by atoms with Crippen molar-refractivity contribution in [1.82, 2.24) is 15.2 Å². The van der Waals surface area contributed by atoms with E-state index in [-0.39, 0.29) is 11.9 Å². The van der Waals surface area contributed by atoms with Crippen molar-refractivity contribution in [2.45, 2.75) is 6.04 Å². The molecule has 2 aromatic heterocycles. The number of anilines is 1. The highest BCUT2D eigenvalue weighted by molar-refractivity contribution is 7.07. The summed E-state index contributed by atoms with van der Waals surface area (Å²) in [5.74, 6) is 0.527. The molecule has 112 valence electrons. The Bertz CT molecular complexity index is 583. The van der Waals surface area contributed by atoms with E-state index in [1.165, 1.54) is 5.56 Å². The van der Waals surface area contributed by atoms with Crippen LogP contribution in [-0.4, -0.2) is 43.5 Å². The number of hydrogen-bond donors (Lipinski definition) is 2. The molecule has 0 bridgehead atoms. The Labute approximate surface area is 129 Å². The fraction of sp³-hybridized carbons (Fsp3) is 0.333. The third kappa shape index (κ3) is 4.03. The van der Waals surface area contributed by atoms with E-state index in [0.717, 1.165) is 6.54 Å². The van der Waals surface area contributed by atoms with Crippen molar-refractivity contribution in [2.75, 3.05) is 33.0 Å². The minimum absolute atomic E-state index is 0.180. The number of carbonyl (C=O) groups excluding carboxylic acids is 1. The molecule has 0 aromatic carbocycles. The van der Waals surface area contributed by atoms with Gasteiger partial charge < -0.3 is 15.5 Å². The van der Waals surface area contributed by atoms with Crippen LogP contribution in [0.1, 0.15) is 22.1 Å². The van der Waals surface area contributed by atoms with Gasteiger partial charge in [-0.25, -0.2) is 4.98 Å². The van der Waals surface area contributed by atoms with Gasteiger partial charge in [-0.2, -0.15) is 11.3 Å². The number of nitrogens with one attached hydrogen (secondary N) is 2. The van der Waals surface area contributed by atoms with Gasteiger partial charge in [-0.3, -0.25) is 4.79 Å². The monoisotopic (exact) mass is 304 g/mol. The van der Waals surface area contributed by atoms with Crippen LogP contribution in [0.25, 0.3) is 0 Å². The van der Waals surface area contributed by atoms with Crippen molar-refractivity contribution in [3.05, 3.63) is 46.3 Å². The number of pyridine rings is 1. The molecule has 2 N–H and O–H groups in total. The largest absolute Gasteiger partial charge is 0.368 e.